The minimum Gasteiger partial charge on any atom is -0.381 e. The zero-order chi connectivity index (χ0) is 13.3. The maximum Gasteiger partial charge on any atom is 0.101 e. The van der Waals surface area contributed by atoms with Crippen LogP contribution in [-0.4, -0.2) is 18.1 Å². The third kappa shape index (κ3) is 2.33. The van der Waals surface area contributed by atoms with Gasteiger partial charge < -0.3 is 10.6 Å². The van der Waals surface area contributed by atoms with Crippen molar-refractivity contribution in [3.63, 3.8) is 0 Å². The van der Waals surface area contributed by atoms with Gasteiger partial charge in [0.25, 0.3) is 0 Å². The molecule has 3 heteroatoms. The van der Waals surface area contributed by atoms with Crippen LogP contribution in [0, 0.1) is 18.3 Å². The van der Waals surface area contributed by atoms with E-state index in [1.165, 1.54) is 31.2 Å². The van der Waals surface area contributed by atoms with Crippen molar-refractivity contribution in [1.29, 1.82) is 5.26 Å². The molecule has 19 heavy (non-hydrogen) atoms. The van der Waals surface area contributed by atoms with Crippen molar-refractivity contribution in [3.8, 4) is 6.07 Å². The van der Waals surface area contributed by atoms with Gasteiger partial charge in [-0.25, -0.2) is 0 Å². The summed E-state index contributed by atoms with van der Waals surface area (Å²) in [5.74, 6) is 0. The van der Waals surface area contributed by atoms with Gasteiger partial charge >= 0.3 is 0 Å². The SMILES string of the molecule is Cc1cccc(C#N)c1NC1CCNC2(CCC2)C1. The van der Waals surface area contributed by atoms with E-state index in [1.807, 2.05) is 12.1 Å². The summed E-state index contributed by atoms with van der Waals surface area (Å²) in [6.45, 7) is 3.16. The van der Waals surface area contributed by atoms with Crippen LogP contribution in [0.5, 0.6) is 0 Å². The van der Waals surface area contributed by atoms with E-state index in [1.54, 1.807) is 0 Å². The Morgan fingerprint density at radius 3 is 2.95 bits per heavy atom. The van der Waals surface area contributed by atoms with E-state index in [-0.39, 0.29) is 0 Å². The Morgan fingerprint density at radius 1 is 1.42 bits per heavy atom. The fraction of sp³-hybridized carbons (Fsp3) is 0.562. The number of nitrogens with zero attached hydrogens (tertiary/aromatic N) is 1. The van der Waals surface area contributed by atoms with Gasteiger partial charge in [0, 0.05) is 11.6 Å². The molecule has 100 valence electrons. The van der Waals surface area contributed by atoms with Crippen LogP contribution in [-0.2, 0) is 0 Å². The van der Waals surface area contributed by atoms with Crippen LogP contribution in [0.3, 0.4) is 0 Å². The fourth-order valence-corrected chi connectivity index (χ4v) is 3.42. The molecule has 0 radical (unpaired) electrons. The van der Waals surface area contributed by atoms with Gasteiger partial charge in [0.15, 0.2) is 0 Å². The number of rotatable bonds is 2. The quantitative estimate of drug-likeness (QED) is 0.854. The topological polar surface area (TPSA) is 47.9 Å². The van der Waals surface area contributed by atoms with E-state index >= 15 is 0 Å². The molecule has 1 spiro atoms. The van der Waals surface area contributed by atoms with Crippen LogP contribution in [0.1, 0.15) is 43.2 Å². The second kappa shape index (κ2) is 4.86. The molecule has 1 aromatic rings. The molecular weight excluding hydrogens is 234 g/mol. The third-order valence-corrected chi connectivity index (χ3v) is 4.68. The van der Waals surface area contributed by atoms with Crippen LogP contribution in [0.4, 0.5) is 5.69 Å². The summed E-state index contributed by atoms with van der Waals surface area (Å²) in [5, 5.41) is 16.5. The largest absolute Gasteiger partial charge is 0.381 e. The Kier molecular flexibility index (Phi) is 3.20. The van der Waals surface area contributed by atoms with E-state index in [0.29, 0.717) is 11.6 Å². The van der Waals surface area contributed by atoms with Crippen molar-refractivity contribution in [2.45, 2.75) is 50.6 Å². The monoisotopic (exact) mass is 255 g/mol. The Balaban J connectivity index is 1.76. The average molecular weight is 255 g/mol. The molecule has 0 amide bonds. The van der Waals surface area contributed by atoms with E-state index in [4.69, 9.17) is 0 Å². The minimum absolute atomic E-state index is 0.394. The van der Waals surface area contributed by atoms with Crippen LogP contribution in [0.15, 0.2) is 18.2 Å². The Hall–Kier alpha value is -1.53. The van der Waals surface area contributed by atoms with Crippen LogP contribution in [0.2, 0.25) is 0 Å². The maximum atomic E-state index is 9.23. The molecule has 1 saturated heterocycles. The van der Waals surface area contributed by atoms with Gasteiger partial charge in [-0.05, 0) is 57.2 Å². The number of nitriles is 1. The van der Waals surface area contributed by atoms with E-state index in [2.05, 4.69) is 29.7 Å². The van der Waals surface area contributed by atoms with E-state index in [0.717, 1.165) is 24.2 Å². The molecule has 1 aliphatic heterocycles. The number of nitrogens with one attached hydrogen (secondary N) is 2. The first-order valence-corrected chi connectivity index (χ1v) is 7.24. The molecule has 0 bridgehead atoms. The second-order valence-electron chi connectivity index (χ2n) is 6.00. The summed E-state index contributed by atoms with van der Waals surface area (Å²) in [7, 11) is 0. The fourth-order valence-electron chi connectivity index (χ4n) is 3.42. The first-order chi connectivity index (χ1) is 9.22. The third-order valence-electron chi connectivity index (χ3n) is 4.68. The number of aryl methyl sites for hydroxylation is 1. The summed E-state index contributed by atoms with van der Waals surface area (Å²) >= 11 is 0. The van der Waals surface area contributed by atoms with Crippen molar-refractivity contribution in [2.75, 3.05) is 11.9 Å². The van der Waals surface area contributed by atoms with E-state index < -0.39 is 0 Å². The molecule has 2 fully saturated rings. The number of benzene rings is 1. The summed E-state index contributed by atoms with van der Waals surface area (Å²) in [6.07, 6.45) is 6.30. The van der Waals surface area contributed by atoms with Gasteiger partial charge in [-0.3, -0.25) is 0 Å². The van der Waals surface area contributed by atoms with Crippen molar-refractivity contribution >= 4 is 5.69 Å². The standard InChI is InChI=1S/C16H21N3/c1-12-4-2-5-13(11-17)15(12)19-14-6-9-18-16(10-14)7-3-8-16/h2,4-5,14,18-19H,3,6-10H2,1H3. The lowest BCUT2D eigenvalue weighted by Gasteiger charge is -2.48. The number of piperidine rings is 1. The smallest absolute Gasteiger partial charge is 0.101 e. The van der Waals surface area contributed by atoms with Crippen LogP contribution in [0.25, 0.3) is 0 Å². The lowest BCUT2D eigenvalue weighted by atomic mass is 9.70. The van der Waals surface area contributed by atoms with Crippen LogP contribution < -0.4 is 10.6 Å². The molecule has 1 aromatic carbocycles. The highest BCUT2D eigenvalue weighted by molar-refractivity contribution is 5.62. The van der Waals surface area contributed by atoms with Gasteiger partial charge in [-0.1, -0.05) is 12.1 Å². The van der Waals surface area contributed by atoms with Crippen molar-refractivity contribution in [3.05, 3.63) is 29.3 Å². The molecule has 2 N–H and O–H groups in total. The zero-order valence-electron chi connectivity index (χ0n) is 11.5. The normalized spacial score (nSPS) is 24.5. The van der Waals surface area contributed by atoms with Gasteiger partial charge in [0.1, 0.15) is 6.07 Å². The minimum atomic E-state index is 0.394. The van der Waals surface area contributed by atoms with Gasteiger partial charge in [0.05, 0.1) is 11.3 Å². The molecule has 2 aliphatic rings. The van der Waals surface area contributed by atoms with Crippen molar-refractivity contribution in [2.24, 2.45) is 0 Å². The first-order valence-electron chi connectivity index (χ1n) is 7.24. The highest BCUT2D eigenvalue weighted by Crippen LogP contribution is 2.39. The number of hydrogen-bond donors (Lipinski definition) is 2. The predicted molar refractivity (Wildman–Crippen MR) is 77.1 cm³/mol. The highest BCUT2D eigenvalue weighted by Gasteiger charge is 2.40. The second-order valence-corrected chi connectivity index (χ2v) is 6.00. The molecule has 1 aliphatic carbocycles. The highest BCUT2D eigenvalue weighted by atomic mass is 15.1. The molecule has 1 atom stereocenters. The van der Waals surface area contributed by atoms with Crippen molar-refractivity contribution in [1.82, 2.24) is 5.32 Å². The number of para-hydroxylation sites is 1. The number of anilines is 1. The van der Waals surface area contributed by atoms with E-state index in [9.17, 15) is 5.26 Å². The summed E-state index contributed by atoms with van der Waals surface area (Å²) < 4.78 is 0. The zero-order valence-corrected chi connectivity index (χ0v) is 11.5. The Morgan fingerprint density at radius 2 is 2.26 bits per heavy atom. The lowest BCUT2D eigenvalue weighted by molar-refractivity contribution is 0.135. The van der Waals surface area contributed by atoms with Gasteiger partial charge in [0.2, 0.25) is 0 Å². The van der Waals surface area contributed by atoms with Crippen molar-refractivity contribution < 1.29 is 0 Å². The predicted octanol–water partition coefficient (Wildman–Crippen LogP) is 2.95. The van der Waals surface area contributed by atoms with Gasteiger partial charge in [-0.15, -0.1) is 0 Å². The average Bonchev–Trinajstić information content (AvgIpc) is 2.40. The first kappa shape index (κ1) is 12.5. The molecule has 1 heterocycles. The molecule has 1 saturated carbocycles. The Bertz CT molecular complexity index is 511. The molecule has 1 unspecified atom stereocenters. The van der Waals surface area contributed by atoms with Crippen LogP contribution >= 0.6 is 0 Å². The summed E-state index contributed by atoms with van der Waals surface area (Å²) in [4.78, 5) is 0. The molecule has 3 rings (SSSR count). The van der Waals surface area contributed by atoms with Gasteiger partial charge in [-0.2, -0.15) is 5.26 Å². The summed E-state index contributed by atoms with van der Waals surface area (Å²) in [6, 6.07) is 8.72. The Labute approximate surface area is 115 Å². The summed E-state index contributed by atoms with van der Waals surface area (Å²) in [5.41, 5.74) is 3.36. The molecule has 3 nitrogen and oxygen atoms in total. The lowest BCUT2D eigenvalue weighted by Crippen LogP contribution is -2.58. The maximum absolute atomic E-state index is 9.23. The molecule has 0 aromatic heterocycles. The number of hydrogen-bond acceptors (Lipinski definition) is 3. The molecular formula is C16H21N3.